The van der Waals surface area contributed by atoms with Gasteiger partial charge in [-0.3, -0.25) is 4.79 Å². The minimum absolute atomic E-state index is 0.0124. The summed E-state index contributed by atoms with van der Waals surface area (Å²) in [6, 6.07) is 9.84. The van der Waals surface area contributed by atoms with Crippen molar-refractivity contribution >= 4 is 27.5 Å². The molecule has 1 atom stereocenters. The molecular formula is C23H27ClN2O5S. The number of amides is 1. The van der Waals surface area contributed by atoms with Crippen molar-refractivity contribution < 1.29 is 22.7 Å². The monoisotopic (exact) mass is 478 g/mol. The largest absolute Gasteiger partial charge is 0.497 e. The summed E-state index contributed by atoms with van der Waals surface area (Å²) in [4.78, 5) is 15.3. The highest BCUT2D eigenvalue weighted by atomic mass is 35.5. The van der Waals surface area contributed by atoms with Crippen LogP contribution in [-0.4, -0.2) is 57.4 Å². The van der Waals surface area contributed by atoms with Gasteiger partial charge in [0.25, 0.3) is 5.91 Å². The second-order valence-corrected chi connectivity index (χ2v) is 10.3. The highest BCUT2D eigenvalue weighted by Gasteiger charge is 2.34. The predicted molar refractivity (Wildman–Crippen MR) is 122 cm³/mol. The van der Waals surface area contributed by atoms with E-state index in [1.807, 2.05) is 18.2 Å². The van der Waals surface area contributed by atoms with Gasteiger partial charge in [0.2, 0.25) is 10.0 Å². The van der Waals surface area contributed by atoms with Crippen LogP contribution < -0.4 is 9.47 Å². The molecule has 172 valence electrons. The number of hydrogen-bond donors (Lipinski definition) is 0. The first-order valence-electron chi connectivity index (χ1n) is 10.7. The first-order valence-corrected chi connectivity index (χ1v) is 12.5. The van der Waals surface area contributed by atoms with Crippen LogP contribution in [0.25, 0.3) is 0 Å². The fraction of sp³-hybridized carbons (Fsp3) is 0.435. The SMILES string of the molecule is COc1ccc(OC)c([C@H]2CCCN2C(=O)c2ccc(Cl)c(S(=O)(=O)N3CCCC3)c2)c1. The first kappa shape index (κ1) is 22.9. The highest BCUT2D eigenvalue weighted by Crippen LogP contribution is 2.40. The fourth-order valence-corrected chi connectivity index (χ4v) is 6.52. The van der Waals surface area contributed by atoms with Crippen LogP contribution in [0.3, 0.4) is 0 Å². The third-order valence-corrected chi connectivity index (χ3v) is 8.55. The zero-order valence-electron chi connectivity index (χ0n) is 18.2. The van der Waals surface area contributed by atoms with Crippen molar-refractivity contribution in [3.8, 4) is 11.5 Å². The molecule has 2 fully saturated rings. The molecule has 0 aliphatic carbocycles. The zero-order chi connectivity index (χ0) is 22.9. The number of halogens is 1. The number of methoxy groups -OCH3 is 2. The Morgan fingerprint density at radius 1 is 1.00 bits per heavy atom. The molecular weight excluding hydrogens is 452 g/mol. The molecule has 0 saturated carbocycles. The minimum Gasteiger partial charge on any atom is -0.497 e. The van der Waals surface area contributed by atoms with Gasteiger partial charge in [-0.05, 0) is 62.1 Å². The Labute approximate surface area is 193 Å². The molecule has 0 aromatic heterocycles. The van der Waals surface area contributed by atoms with Crippen molar-refractivity contribution in [1.82, 2.24) is 9.21 Å². The van der Waals surface area contributed by atoms with Gasteiger partial charge in [-0.2, -0.15) is 4.31 Å². The lowest BCUT2D eigenvalue weighted by Crippen LogP contribution is -2.31. The summed E-state index contributed by atoms with van der Waals surface area (Å²) in [6.45, 7) is 1.52. The fourth-order valence-electron chi connectivity index (χ4n) is 4.50. The van der Waals surface area contributed by atoms with Gasteiger partial charge in [0.05, 0.1) is 25.3 Å². The van der Waals surface area contributed by atoms with Crippen LogP contribution in [0.4, 0.5) is 0 Å². The van der Waals surface area contributed by atoms with E-state index in [1.165, 1.54) is 16.4 Å². The van der Waals surface area contributed by atoms with E-state index in [9.17, 15) is 13.2 Å². The molecule has 0 N–H and O–H groups in total. The molecule has 2 aromatic rings. The maximum atomic E-state index is 13.5. The molecule has 0 bridgehead atoms. The van der Waals surface area contributed by atoms with Crippen LogP contribution in [0.1, 0.15) is 47.6 Å². The van der Waals surface area contributed by atoms with Crippen LogP contribution in [0.5, 0.6) is 11.5 Å². The standard InChI is InChI=1S/C23H27ClN2O5S/c1-30-17-8-10-21(31-2)18(15-17)20-6-5-13-26(20)23(27)16-7-9-19(24)22(14-16)32(28,29)25-11-3-4-12-25/h7-10,14-15,20H,3-6,11-13H2,1-2H3/t20-/m1/s1. The van der Waals surface area contributed by atoms with Crippen molar-refractivity contribution in [1.29, 1.82) is 0 Å². The van der Waals surface area contributed by atoms with Crippen molar-refractivity contribution in [2.45, 2.75) is 36.6 Å². The molecule has 2 aromatic carbocycles. The maximum Gasteiger partial charge on any atom is 0.254 e. The van der Waals surface area contributed by atoms with Crippen molar-refractivity contribution in [3.63, 3.8) is 0 Å². The van der Waals surface area contributed by atoms with Crippen LogP contribution in [0.15, 0.2) is 41.3 Å². The summed E-state index contributed by atoms with van der Waals surface area (Å²) < 4.78 is 38.5. The predicted octanol–water partition coefficient (Wildman–Crippen LogP) is 4.12. The number of rotatable bonds is 6. The summed E-state index contributed by atoms with van der Waals surface area (Å²) in [5.74, 6) is 1.14. The summed E-state index contributed by atoms with van der Waals surface area (Å²) in [7, 11) is -0.545. The minimum atomic E-state index is -3.74. The van der Waals surface area contributed by atoms with E-state index in [4.69, 9.17) is 21.1 Å². The molecule has 1 amide bonds. The van der Waals surface area contributed by atoms with E-state index < -0.39 is 10.0 Å². The molecule has 0 spiro atoms. The number of nitrogens with zero attached hydrogens (tertiary/aromatic N) is 2. The molecule has 2 heterocycles. The van der Waals surface area contributed by atoms with Crippen molar-refractivity contribution in [2.75, 3.05) is 33.9 Å². The van der Waals surface area contributed by atoms with Gasteiger partial charge in [-0.25, -0.2) is 8.42 Å². The molecule has 0 unspecified atom stereocenters. The third kappa shape index (κ3) is 4.19. The van der Waals surface area contributed by atoms with Gasteiger partial charge in [0.15, 0.2) is 0 Å². The lowest BCUT2D eigenvalue weighted by Gasteiger charge is -2.27. The number of carbonyl (C=O) groups is 1. The Balaban J connectivity index is 1.67. The Morgan fingerprint density at radius 3 is 2.44 bits per heavy atom. The number of benzene rings is 2. The number of ether oxygens (including phenoxy) is 2. The molecule has 7 nitrogen and oxygen atoms in total. The molecule has 9 heteroatoms. The number of hydrogen-bond acceptors (Lipinski definition) is 5. The first-order chi connectivity index (χ1) is 15.4. The molecule has 2 aliphatic rings. The molecule has 0 radical (unpaired) electrons. The van der Waals surface area contributed by atoms with Gasteiger partial charge in [0.1, 0.15) is 16.4 Å². The van der Waals surface area contributed by atoms with Gasteiger partial charge < -0.3 is 14.4 Å². The van der Waals surface area contributed by atoms with E-state index in [0.29, 0.717) is 36.7 Å². The summed E-state index contributed by atoms with van der Waals surface area (Å²) in [5.41, 5.74) is 1.18. The third-order valence-electron chi connectivity index (χ3n) is 6.17. The Morgan fingerprint density at radius 2 is 1.75 bits per heavy atom. The quantitative estimate of drug-likeness (QED) is 0.624. The Hall–Kier alpha value is -2.29. The molecule has 2 aliphatic heterocycles. The zero-order valence-corrected chi connectivity index (χ0v) is 19.8. The average Bonchev–Trinajstić information content (AvgIpc) is 3.51. The van der Waals surface area contributed by atoms with Crippen molar-refractivity contribution in [3.05, 3.63) is 52.5 Å². The Bertz CT molecular complexity index is 1120. The smallest absolute Gasteiger partial charge is 0.254 e. The van der Waals surface area contributed by atoms with Gasteiger partial charge in [-0.1, -0.05) is 11.6 Å². The molecule has 4 rings (SSSR count). The van der Waals surface area contributed by atoms with Crippen molar-refractivity contribution in [2.24, 2.45) is 0 Å². The summed E-state index contributed by atoms with van der Waals surface area (Å²) in [5, 5.41) is 0.126. The second-order valence-electron chi connectivity index (χ2n) is 8.02. The number of carbonyl (C=O) groups excluding carboxylic acids is 1. The number of likely N-dealkylation sites (tertiary alicyclic amines) is 1. The van der Waals surface area contributed by atoms with E-state index in [1.54, 1.807) is 25.2 Å². The van der Waals surface area contributed by atoms with Crippen LogP contribution in [-0.2, 0) is 10.0 Å². The van der Waals surface area contributed by atoms with E-state index >= 15 is 0 Å². The van der Waals surface area contributed by atoms with Crippen LogP contribution in [0.2, 0.25) is 5.02 Å². The van der Waals surface area contributed by atoms with E-state index in [-0.39, 0.29) is 21.9 Å². The van der Waals surface area contributed by atoms with Gasteiger partial charge >= 0.3 is 0 Å². The lowest BCUT2D eigenvalue weighted by molar-refractivity contribution is 0.0733. The molecule has 2 saturated heterocycles. The van der Waals surface area contributed by atoms with Gasteiger partial charge in [0, 0.05) is 30.8 Å². The average molecular weight is 479 g/mol. The highest BCUT2D eigenvalue weighted by molar-refractivity contribution is 7.89. The van der Waals surface area contributed by atoms with Gasteiger partial charge in [-0.15, -0.1) is 0 Å². The second kappa shape index (κ2) is 9.29. The molecule has 32 heavy (non-hydrogen) atoms. The summed E-state index contributed by atoms with van der Waals surface area (Å²) in [6.07, 6.45) is 3.27. The topological polar surface area (TPSA) is 76.1 Å². The van der Waals surface area contributed by atoms with Crippen LogP contribution in [0, 0.1) is 0 Å². The Kier molecular flexibility index (Phi) is 6.65. The normalized spacial score (nSPS) is 19.3. The number of sulfonamides is 1. The van der Waals surface area contributed by atoms with E-state index in [2.05, 4.69) is 0 Å². The van der Waals surface area contributed by atoms with E-state index in [0.717, 1.165) is 31.2 Å². The maximum absolute atomic E-state index is 13.5. The summed E-state index contributed by atoms with van der Waals surface area (Å²) >= 11 is 6.26. The lowest BCUT2D eigenvalue weighted by atomic mass is 10.0. The van der Waals surface area contributed by atoms with Crippen LogP contribution >= 0.6 is 11.6 Å².